The molecule has 4 N–H and O–H groups in total. The van der Waals surface area contributed by atoms with Gasteiger partial charge in [0.1, 0.15) is 0 Å². The van der Waals surface area contributed by atoms with Crippen molar-refractivity contribution in [2.24, 2.45) is 5.73 Å². The van der Waals surface area contributed by atoms with Gasteiger partial charge in [-0.25, -0.2) is 0 Å². The maximum absolute atomic E-state index is 11.6. The van der Waals surface area contributed by atoms with Gasteiger partial charge in [-0.3, -0.25) is 4.79 Å². The zero-order valence-electron chi connectivity index (χ0n) is 11.3. The Balaban J connectivity index is 3.67. The lowest BCUT2D eigenvalue weighted by Gasteiger charge is -2.23. The fourth-order valence-electron chi connectivity index (χ4n) is 1.32. The van der Waals surface area contributed by atoms with Crippen LogP contribution in [0.5, 0.6) is 0 Å². The van der Waals surface area contributed by atoms with Crippen LogP contribution >= 0.6 is 0 Å². The summed E-state index contributed by atoms with van der Waals surface area (Å²) in [7, 11) is 1.87. The molecule has 0 aliphatic rings. The van der Waals surface area contributed by atoms with Crippen LogP contribution in [-0.2, 0) is 4.79 Å². The molecule has 0 bridgehead atoms. The summed E-state index contributed by atoms with van der Waals surface area (Å²) in [5.74, 6) is 0.0918. The normalized spacial score (nSPS) is 12.6. The van der Waals surface area contributed by atoms with Crippen LogP contribution < -0.4 is 16.4 Å². The van der Waals surface area contributed by atoms with Crippen molar-refractivity contribution in [1.82, 2.24) is 10.6 Å². The maximum Gasteiger partial charge on any atom is 0.221 e. The lowest BCUT2D eigenvalue weighted by molar-refractivity contribution is -0.122. The summed E-state index contributed by atoms with van der Waals surface area (Å²) in [4.78, 5) is 11.6. The Hall–Kier alpha value is -0.610. The summed E-state index contributed by atoms with van der Waals surface area (Å²) >= 11 is 0. The van der Waals surface area contributed by atoms with E-state index in [0.717, 1.165) is 12.8 Å². The van der Waals surface area contributed by atoms with Crippen LogP contribution in [0.15, 0.2) is 0 Å². The molecule has 16 heavy (non-hydrogen) atoms. The van der Waals surface area contributed by atoms with Crippen molar-refractivity contribution in [3.63, 3.8) is 0 Å². The molecule has 4 nitrogen and oxygen atoms in total. The van der Waals surface area contributed by atoms with Gasteiger partial charge in [0.25, 0.3) is 0 Å². The van der Waals surface area contributed by atoms with E-state index in [9.17, 15) is 4.79 Å². The number of hydrogen-bond acceptors (Lipinski definition) is 3. The number of hydrogen-bond donors (Lipinski definition) is 3. The molecule has 0 aliphatic heterocycles. The Labute approximate surface area is 99.4 Å². The zero-order valence-corrected chi connectivity index (χ0v) is 11.3. The molecule has 0 radical (unpaired) electrons. The highest BCUT2D eigenvalue weighted by Gasteiger charge is 2.19. The van der Waals surface area contributed by atoms with Gasteiger partial charge in [0, 0.05) is 24.0 Å². The minimum absolute atomic E-state index is 0.0918. The highest BCUT2D eigenvalue weighted by Crippen LogP contribution is 2.08. The Morgan fingerprint density at radius 2 is 1.81 bits per heavy atom. The molecule has 4 heteroatoms. The first kappa shape index (κ1) is 15.4. The quantitative estimate of drug-likeness (QED) is 0.571. The van der Waals surface area contributed by atoms with Gasteiger partial charge >= 0.3 is 0 Å². The van der Waals surface area contributed by atoms with Crippen molar-refractivity contribution in [3.8, 4) is 0 Å². The molecule has 96 valence electrons. The van der Waals surface area contributed by atoms with E-state index in [-0.39, 0.29) is 17.0 Å². The van der Waals surface area contributed by atoms with Gasteiger partial charge < -0.3 is 16.4 Å². The Morgan fingerprint density at radius 1 is 1.25 bits per heavy atom. The minimum Gasteiger partial charge on any atom is -0.356 e. The van der Waals surface area contributed by atoms with Crippen molar-refractivity contribution in [3.05, 3.63) is 0 Å². The van der Waals surface area contributed by atoms with Crippen molar-refractivity contribution in [2.75, 3.05) is 13.6 Å². The standard InChI is InChI=1S/C12H27N3O/c1-11(2,13)7-6-8-15-10(16)9-12(3,4)14-5/h14H,6-9,13H2,1-5H3,(H,15,16). The summed E-state index contributed by atoms with van der Waals surface area (Å²) in [5, 5.41) is 6.02. The number of carbonyl (C=O) groups is 1. The molecule has 0 saturated carbocycles. The summed E-state index contributed by atoms with van der Waals surface area (Å²) < 4.78 is 0. The van der Waals surface area contributed by atoms with Gasteiger partial charge in [-0.2, -0.15) is 0 Å². The van der Waals surface area contributed by atoms with E-state index < -0.39 is 0 Å². The lowest BCUT2D eigenvalue weighted by atomic mass is 9.99. The van der Waals surface area contributed by atoms with Crippen LogP contribution in [0.1, 0.15) is 47.0 Å². The zero-order chi connectivity index (χ0) is 12.8. The topological polar surface area (TPSA) is 67.2 Å². The molecule has 0 atom stereocenters. The van der Waals surface area contributed by atoms with E-state index in [1.807, 2.05) is 34.7 Å². The van der Waals surface area contributed by atoms with Crippen LogP contribution in [0.25, 0.3) is 0 Å². The predicted octanol–water partition coefficient (Wildman–Crippen LogP) is 1.01. The number of nitrogens with one attached hydrogen (secondary N) is 2. The molecule has 0 spiro atoms. The molecule has 0 saturated heterocycles. The first-order valence-corrected chi connectivity index (χ1v) is 5.91. The van der Waals surface area contributed by atoms with Crippen molar-refractivity contribution in [2.45, 2.75) is 58.0 Å². The highest BCUT2D eigenvalue weighted by molar-refractivity contribution is 5.77. The van der Waals surface area contributed by atoms with E-state index in [0.29, 0.717) is 13.0 Å². The molecule has 0 unspecified atom stereocenters. The first-order valence-electron chi connectivity index (χ1n) is 5.91. The van der Waals surface area contributed by atoms with E-state index in [4.69, 9.17) is 5.73 Å². The Morgan fingerprint density at radius 3 is 2.25 bits per heavy atom. The van der Waals surface area contributed by atoms with Crippen LogP contribution in [0.2, 0.25) is 0 Å². The third-order valence-electron chi connectivity index (χ3n) is 2.60. The molecule has 0 rings (SSSR count). The number of rotatable bonds is 7. The summed E-state index contributed by atoms with van der Waals surface area (Å²) in [5.41, 5.74) is 5.57. The molecule has 0 aromatic rings. The van der Waals surface area contributed by atoms with E-state index >= 15 is 0 Å². The number of carbonyl (C=O) groups excluding carboxylic acids is 1. The van der Waals surface area contributed by atoms with Gasteiger partial charge in [-0.05, 0) is 47.6 Å². The van der Waals surface area contributed by atoms with Gasteiger partial charge in [-0.15, -0.1) is 0 Å². The number of amides is 1. The van der Waals surface area contributed by atoms with E-state index in [1.165, 1.54) is 0 Å². The maximum atomic E-state index is 11.6. The molecular weight excluding hydrogens is 202 g/mol. The first-order chi connectivity index (χ1) is 7.16. The van der Waals surface area contributed by atoms with E-state index in [1.54, 1.807) is 0 Å². The molecule has 0 heterocycles. The predicted molar refractivity (Wildman–Crippen MR) is 68.3 cm³/mol. The van der Waals surface area contributed by atoms with Gasteiger partial charge in [0.2, 0.25) is 5.91 Å². The molecule has 0 aromatic heterocycles. The number of nitrogens with two attached hydrogens (primary N) is 1. The highest BCUT2D eigenvalue weighted by atomic mass is 16.1. The Kier molecular flexibility index (Phi) is 5.97. The van der Waals surface area contributed by atoms with Crippen LogP contribution in [0.4, 0.5) is 0 Å². The second-order valence-corrected chi connectivity index (χ2v) is 5.75. The average molecular weight is 229 g/mol. The van der Waals surface area contributed by atoms with E-state index in [2.05, 4.69) is 10.6 Å². The van der Waals surface area contributed by atoms with Gasteiger partial charge in [0.15, 0.2) is 0 Å². The third kappa shape index (κ3) is 8.68. The largest absolute Gasteiger partial charge is 0.356 e. The smallest absolute Gasteiger partial charge is 0.221 e. The van der Waals surface area contributed by atoms with Gasteiger partial charge in [0.05, 0.1) is 0 Å². The fourth-order valence-corrected chi connectivity index (χ4v) is 1.32. The van der Waals surface area contributed by atoms with Crippen molar-refractivity contribution >= 4 is 5.91 Å². The van der Waals surface area contributed by atoms with Crippen LogP contribution in [0, 0.1) is 0 Å². The second-order valence-electron chi connectivity index (χ2n) is 5.75. The third-order valence-corrected chi connectivity index (χ3v) is 2.60. The lowest BCUT2D eigenvalue weighted by Crippen LogP contribution is -2.42. The fraction of sp³-hybridized carbons (Fsp3) is 0.917. The Bertz CT molecular complexity index is 219. The van der Waals surface area contributed by atoms with Crippen LogP contribution in [0.3, 0.4) is 0 Å². The van der Waals surface area contributed by atoms with Crippen molar-refractivity contribution in [1.29, 1.82) is 0 Å². The summed E-state index contributed by atoms with van der Waals surface area (Å²) in [6, 6.07) is 0. The molecular formula is C12H27N3O. The summed E-state index contributed by atoms with van der Waals surface area (Å²) in [6.07, 6.45) is 2.34. The van der Waals surface area contributed by atoms with Crippen molar-refractivity contribution < 1.29 is 4.79 Å². The summed E-state index contributed by atoms with van der Waals surface area (Å²) in [6.45, 7) is 8.72. The molecule has 0 fully saturated rings. The minimum atomic E-state index is -0.144. The van der Waals surface area contributed by atoms with Crippen LogP contribution in [-0.4, -0.2) is 30.6 Å². The molecule has 0 aliphatic carbocycles. The second kappa shape index (κ2) is 6.21. The van der Waals surface area contributed by atoms with Gasteiger partial charge in [-0.1, -0.05) is 0 Å². The molecule has 1 amide bonds. The average Bonchev–Trinajstić information content (AvgIpc) is 2.10. The molecule has 0 aromatic carbocycles. The monoisotopic (exact) mass is 229 g/mol. The SMILES string of the molecule is CNC(C)(C)CC(=O)NCCCC(C)(C)N.